The third-order valence-electron chi connectivity index (χ3n) is 12.3. The highest BCUT2D eigenvalue weighted by Crippen LogP contribution is 2.44. The van der Waals surface area contributed by atoms with E-state index in [1.807, 2.05) is 67.0 Å². The van der Waals surface area contributed by atoms with Gasteiger partial charge < -0.3 is 30.9 Å². The maximum absolute atomic E-state index is 14.8. The quantitative estimate of drug-likeness (QED) is 0.0909. The van der Waals surface area contributed by atoms with E-state index in [1.165, 1.54) is 12.8 Å². The van der Waals surface area contributed by atoms with Crippen molar-refractivity contribution in [3.8, 4) is 22.3 Å². The molecule has 0 saturated heterocycles. The molecule has 58 heavy (non-hydrogen) atoms. The number of pyridine rings is 4. The summed E-state index contributed by atoms with van der Waals surface area (Å²) in [5.74, 6) is 0.288. The highest BCUT2D eigenvalue weighted by Gasteiger charge is 2.46. The van der Waals surface area contributed by atoms with Gasteiger partial charge in [-0.3, -0.25) is 4.79 Å². The van der Waals surface area contributed by atoms with E-state index in [1.54, 1.807) is 18.5 Å². The largest absolute Gasteiger partial charge is 0.358 e. The number of fused-ring (bicyclic) bond motifs is 3. The lowest BCUT2D eigenvalue weighted by atomic mass is 9.70. The van der Waals surface area contributed by atoms with Crippen LogP contribution in [0.3, 0.4) is 0 Å². The number of benzene rings is 1. The van der Waals surface area contributed by atoms with Crippen LogP contribution in [0.4, 0.5) is 11.6 Å². The van der Waals surface area contributed by atoms with Crippen molar-refractivity contribution in [2.45, 2.75) is 74.9 Å². The maximum atomic E-state index is 14.8. The first-order chi connectivity index (χ1) is 28.3. The molecular formula is C45H42Cl2N10O. The average molecular weight is 810 g/mol. The number of anilines is 2. The molecule has 292 valence electrons. The Bertz CT molecular complexity index is 2760. The van der Waals surface area contributed by atoms with Crippen LogP contribution in [0.15, 0.2) is 104 Å². The molecule has 1 aromatic carbocycles. The summed E-state index contributed by atoms with van der Waals surface area (Å²) >= 11 is 13.4. The SMILES string of the molecule is NC1(C(C(=O)Nc2cc(-c3c[nH]c4ncccc34)cc(Cl)n2)c2cc3ccccc3[nH]2)CCC(N(c2cc(-c3c[nH]c4ncccc34)cc(Cl)n2)C2CCCC2)CC1. The second-order valence-corrected chi connectivity index (χ2v) is 16.6. The van der Waals surface area contributed by atoms with Crippen molar-refractivity contribution >= 4 is 73.7 Å². The Hall–Kier alpha value is -5.75. The van der Waals surface area contributed by atoms with Crippen LogP contribution >= 0.6 is 23.2 Å². The normalized spacial score (nSPS) is 19.3. The first-order valence-corrected chi connectivity index (χ1v) is 20.7. The molecule has 10 rings (SSSR count). The van der Waals surface area contributed by atoms with Gasteiger partial charge in [-0.05, 0) is 116 Å². The molecule has 2 fully saturated rings. The molecule has 7 heterocycles. The summed E-state index contributed by atoms with van der Waals surface area (Å²) in [6.07, 6.45) is 14.8. The zero-order valence-electron chi connectivity index (χ0n) is 31.7. The van der Waals surface area contributed by atoms with Gasteiger partial charge in [0.05, 0.1) is 5.92 Å². The molecule has 1 atom stereocenters. The first kappa shape index (κ1) is 36.6. The van der Waals surface area contributed by atoms with Gasteiger partial charge >= 0.3 is 0 Å². The molecule has 0 aliphatic heterocycles. The Morgan fingerprint density at radius 1 is 0.776 bits per heavy atom. The Kier molecular flexibility index (Phi) is 9.39. The van der Waals surface area contributed by atoms with Gasteiger partial charge in [-0.2, -0.15) is 0 Å². The van der Waals surface area contributed by atoms with Gasteiger partial charge in [-0.1, -0.05) is 54.2 Å². The number of aromatic amines is 3. The number of carbonyl (C=O) groups excluding carboxylic acids is 1. The molecule has 2 aliphatic rings. The summed E-state index contributed by atoms with van der Waals surface area (Å²) in [6, 6.07) is 26.3. The number of halogens is 2. The van der Waals surface area contributed by atoms with E-state index in [9.17, 15) is 4.79 Å². The van der Waals surface area contributed by atoms with E-state index >= 15 is 0 Å². The van der Waals surface area contributed by atoms with Gasteiger partial charge in [0.25, 0.3) is 0 Å². The number of nitrogens with zero attached hydrogens (tertiary/aromatic N) is 5. The fourth-order valence-corrected chi connectivity index (χ4v) is 10.0. The molecule has 1 unspecified atom stereocenters. The lowest BCUT2D eigenvalue weighted by Gasteiger charge is -2.46. The van der Waals surface area contributed by atoms with Crippen LogP contribution in [0.2, 0.25) is 10.3 Å². The minimum atomic E-state index is -0.864. The van der Waals surface area contributed by atoms with Crippen molar-refractivity contribution in [2.24, 2.45) is 5.73 Å². The standard InChI is InChI=1S/C45H42Cl2N10O/c46-37-20-27(33-24-51-42-31(33)10-5-17-49-42)22-39(54-37)56-44(58)41(36-19-26-7-1-4-12-35(26)53-36)45(48)15-13-30(14-16-45)57(29-8-2-3-9-29)40-23-28(21-38(47)55-40)34-25-52-43-32(34)11-6-18-50-43/h1,4-7,10-12,17-25,29-30,41,53H,2-3,8-9,13-16,48H2,(H,49,51)(H,50,52)(H,54,56,58). The minimum absolute atomic E-state index is 0.164. The number of amides is 1. The number of H-pyrrole nitrogens is 3. The van der Waals surface area contributed by atoms with Crippen molar-refractivity contribution in [3.63, 3.8) is 0 Å². The maximum Gasteiger partial charge on any atom is 0.236 e. The number of carbonyl (C=O) groups is 1. The third-order valence-corrected chi connectivity index (χ3v) is 12.7. The van der Waals surface area contributed by atoms with Crippen LogP contribution < -0.4 is 16.0 Å². The summed E-state index contributed by atoms with van der Waals surface area (Å²) in [5.41, 5.74) is 13.7. The van der Waals surface area contributed by atoms with Gasteiger partial charge in [0.15, 0.2) is 0 Å². The molecule has 7 aromatic heterocycles. The fourth-order valence-electron chi connectivity index (χ4n) is 9.60. The average Bonchev–Trinajstić information content (AvgIpc) is 4.05. The summed E-state index contributed by atoms with van der Waals surface area (Å²) < 4.78 is 0. The van der Waals surface area contributed by atoms with Crippen molar-refractivity contribution in [1.82, 2.24) is 34.9 Å². The van der Waals surface area contributed by atoms with Crippen LogP contribution in [0.25, 0.3) is 55.2 Å². The Labute approximate surface area is 344 Å². The molecule has 2 aliphatic carbocycles. The molecule has 11 nitrogen and oxygen atoms in total. The lowest BCUT2D eigenvalue weighted by molar-refractivity contribution is -0.119. The van der Waals surface area contributed by atoms with Crippen LogP contribution in [0.5, 0.6) is 0 Å². The van der Waals surface area contributed by atoms with E-state index in [0.717, 1.165) is 92.4 Å². The Balaban J connectivity index is 0.966. The summed E-state index contributed by atoms with van der Waals surface area (Å²) in [7, 11) is 0. The molecule has 2 saturated carbocycles. The van der Waals surface area contributed by atoms with E-state index in [0.29, 0.717) is 29.9 Å². The molecule has 0 radical (unpaired) electrons. The molecular weight excluding hydrogens is 767 g/mol. The summed E-state index contributed by atoms with van der Waals surface area (Å²) in [5, 5.41) is 6.86. The van der Waals surface area contributed by atoms with Crippen LogP contribution in [0, 0.1) is 0 Å². The lowest BCUT2D eigenvalue weighted by Crippen LogP contribution is -2.56. The number of nitrogens with two attached hydrogens (primary N) is 1. The van der Waals surface area contributed by atoms with E-state index < -0.39 is 11.5 Å². The molecule has 1 amide bonds. The molecule has 0 bridgehead atoms. The second kappa shape index (κ2) is 14.9. The van der Waals surface area contributed by atoms with E-state index in [-0.39, 0.29) is 17.1 Å². The van der Waals surface area contributed by atoms with Crippen LogP contribution in [-0.4, -0.2) is 58.4 Å². The monoisotopic (exact) mass is 808 g/mol. The van der Waals surface area contributed by atoms with Gasteiger partial charge in [-0.25, -0.2) is 19.9 Å². The van der Waals surface area contributed by atoms with Crippen molar-refractivity contribution < 1.29 is 4.79 Å². The number of aromatic nitrogens is 7. The van der Waals surface area contributed by atoms with Gasteiger partial charge in [0.1, 0.15) is 33.2 Å². The van der Waals surface area contributed by atoms with Gasteiger partial charge in [0.2, 0.25) is 5.91 Å². The van der Waals surface area contributed by atoms with E-state index in [4.69, 9.17) is 33.9 Å². The third kappa shape index (κ3) is 6.76. The first-order valence-electron chi connectivity index (χ1n) is 20.0. The Morgan fingerprint density at radius 2 is 1.40 bits per heavy atom. The topological polar surface area (TPSA) is 157 Å². The predicted octanol–water partition coefficient (Wildman–Crippen LogP) is 10.2. The summed E-state index contributed by atoms with van der Waals surface area (Å²) in [4.78, 5) is 45.8. The van der Waals surface area contributed by atoms with Gasteiger partial charge in [-0.15, -0.1) is 0 Å². The van der Waals surface area contributed by atoms with Crippen molar-refractivity contribution in [3.05, 3.63) is 120 Å². The van der Waals surface area contributed by atoms with Crippen LogP contribution in [0.1, 0.15) is 63.0 Å². The highest BCUT2D eigenvalue weighted by molar-refractivity contribution is 6.30. The van der Waals surface area contributed by atoms with Gasteiger partial charge in [0, 0.05) is 75.5 Å². The van der Waals surface area contributed by atoms with Crippen molar-refractivity contribution in [2.75, 3.05) is 10.2 Å². The number of nitrogens with one attached hydrogen (secondary N) is 4. The number of rotatable bonds is 9. The summed E-state index contributed by atoms with van der Waals surface area (Å²) in [6.45, 7) is 0. The zero-order chi connectivity index (χ0) is 39.4. The van der Waals surface area contributed by atoms with Crippen LogP contribution in [-0.2, 0) is 4.79 Å². The smallest absolute Gasteiger partial charge is 0.236 e. The molecule has 6 N–H and O–H groups in total. The number of hydrogen-bond donors (Lipinski definition) is 5. The minimum Gasteiger partial charge on any atom is -0.358 e. The zero-order valence-corrected chi connectivity index (χ0v) is 33.2. The van der Waals surface area contributed by atoms with E-state index in [2.05, 4.69) is 58.3 Å². The molecule has 8 aromatic rings. The Morgan fingerprint density at radius 3 is 2.07 bits per heavy atom. The number of para-hydroxylation sites is 1. The van der Waals surface area contributed by atoms with Crippen molar-refractivity contribution in [1.29, 1.82) is 0 Å². The molecule has 0 spiro atoms. The highest BCUT2D eigenvalue weighted by atomic mass is 35.5. The number of hydrogen-bond acceptors (Lipinski definition) is 7. The molecule has 13 heteroatoms. The predicted molar refractivity (Wildman–Crippen MR) is 232 cm³/mol. The fraction of sp³-hybridized carbons (Fsp3) is 0.267. The second-order valence-electron chi connectivity index (χ2n) is 15.8.